The van der Waals surface area contributed by atoms with Crippen molar-refractivity contribution in [2.24, 2.45) is 5.41 Å². The van der Waals surface area contributed by atoms with Gasteiger partial charge in [-0.15, -0.1) is 11.3 Å². The Balaban J connectivity index is 0.533. The smallest absolute Gasteiger partial charge is 0.246 e. The lowest BCUT2D eigenvalue weighted by Gasteiger charge is -2.35. The number of allylic oxidation sites excluding steroid dienone is 4. The van der Waals surface area contributed by atoms with Crippen molar-refractivity contribution in [3.8, 4) is 21.6 Å². The number of nitrogens with one attached hydrogen (secondary N) is 2. The fraction of sp³-hybridized carbons (Fsp3) is 0.608. The van der Waals surface area contributed by atoms with Gasteiger partial charge in [0.15, 0.2) is 11.6 Å². The molecule has 3 atom stereocenters. The number of fused-ring (bicyclic) bond motifs is 1. The maximum atomic E-state index is 14.0. The van der Waals surface area contributed by atoms with Crippen LogP contribution in [-0.2, 0) is 77.9 Å². The number of carbonyl (C=O) groups is 6. The van der Waals surface area contributed by atoms with E-state index in [4.69, 9.17) is 52.4 Å². The molecule has 26 nitrogen and oxygen atoms in total. The van der Waals surface area contributed by atoms with E-state index in [0.29, 0.717) is 157 Å². The quantitative estimate of drug-likeness (QED) is 0.0243. The number of aliphatic hydroxyl groups excluding tert-OH is 1. The number of nitrogens with zero attached hydrogens (tertiary/aromatic N) is 7. The molecule has 106 heavy (non-hydrogen) atoms. The van der Waals surface area contributed by atoms with Gasteiger partial charge in [-0.1, -0.05) is 56.7 Å². The molecule has 3 amide bonds. The van der Waals surface area contributed by atoms with E-state index in [-0.39, 0.29) is 80.8 Å². The highest BCUT2D eigenvalue weighted by Crippen LogP contribution is 2.34. The van der Waals surface area contributed by atoms with Crippen LogP contribution in [0.25, 0.3) is 32.5 Å². The zero-order chi connectivity index (χ0) is 75.6. The largest absolute Gasteiger partial charge is 0.391 e. The van der Waals surface area contributed by atoms with Crippen LogP contribution in [0.3, 0.4) is 0 Å². The molecule has 582 valence electrons. The first kappa shape index (κ1) is 84.5. The number of Topliss-reactive ketones (excluding diaryl/α,β-unsaturated/α-hetero) is 3. The molecule has 2 aliphatic heterocycles. The van der Waals surface area contributed by atoms with Gasteiger partial charge >= 0.3 is 0 Å². The number of pyridine rings is 1. The first-order chi connectivity index (χ1) is 51.2. The van der Waals surface area contributed by atoms with Crippen LogP contribution >= 0.6 is 11.3 Å². The molecular weight excluding hydrogens is 1380 g/mol. The number of thiazole rings is 1. The second kappa shape index (κ2) is 45.0. The van der Waals surface area contributed by atoms with Crippen LogP contribution < -0.4 is 15.5 Å². The number of benzene rings is 2. The normalized spacial score (nSPS) is 16.2. The SMILES string of the molecule is CC1=CC(C)=C(CCC(=O)c2cc(-c3ccc(N4CCN(CCC(=O)CCCOCCOCCOCCOCCOCCOCCOCCOCCOCCOCCC(=O)N[C@H](C(=O)N5C[C@H](O)C[C@H]5C(=O)NCc5ccc(-c6scnc6C)cc5)C(C)(C)C)CC4)nc3)cc3c2cnn3C(C)C)C(=O)C1. The van der Waals surface area contributed by atoms with E-state index in [9.17, 15) is 33.9 Å². The number of hydrogen-bond acceptors (Lipinski definition) is 23. The molecular formula is C79H113N9O17S. The third-order valence-corrected chi connectivity index (χ3v) is 19.6. The number of β-amino-alcohol motifs (C(OH)–C–C–N with tert-alkyl or cyclic N) is 1. The average Bonchev–Trinajstić information content (AvgIpc) is 1.56. The van der Waals surface area contributed by atoms with Gasteiger partial charge < -0.3 is 72.9 Å². The summed E-state index contributed by atoms with van der Waals surface area (Å²) in [4.78, 5) is 96.2. The van der Waals surface area contributed by atoms with Gasteiger partial charge in [0.2, 0.25) is 17.7 Å². The van der Waals surface area contributed by atoms with Gasteiger partial charge in [-0.25, -0.2) is 9.97 Å². The summed E-state index contributed by atoms with van der Waals surface area (Å²) in [6.07, 6.45) is 7.69. The van der Waals surface area contributed by atoms with Crippen molar-refractivity contribution in [3.05, 3.63) is 106 Å². The van der Waals surface area contributed by atoms with Gasteiger partial charge in [0.05, 0.1) is 159 Å². The highest BCUT2D eigenvalue weighted by atomic mass is 32.1. The van der Waals surface area contributed by atoms with E-state index in [1.165, 1.54) is 4.90 Å². The summed E-state index contributed by atoms with van der Waals surface area (Å²) in [5.41, 5.74) is 10.1. The lowest BCUT2D eigenvalue weighted by Crippen LogP contribution is -2.57. The number of aryl methyl sites for hydroxylation is 1. The molecule has 0 saturated carbocycles. The van der Waals surface area contributed by atoms with Gasteiger partial charge in [0.25, 0.3) is 0 Å². The predicted molar refractivity (Wildman–Crippen MR) is 405 cm³/mol. The summed E-state index contributed by atoms with van der Waals surface area (Å²) in [6, 6.07) is 14.3. The summed E-state index contributed by atoms with van der Waals surface area (Å²) in [7, 11) is 0. The third kappa shape index (κ3) is 27.9. The number of amides is 3. The molecule has 27 heteroatoms. The Morgan fingerprint density at radius 3 is 1.75 bits per heavy atom. The standard InChI is InChI=1S/C79H113N9O17S/c1-56(2)88-69-49-63(48-67(68(69)53-83-88)71(91)17-16-66-58(4)46-57(3)47-72(66)92)62-15-18-73(80-52-62)86-24-22-85(23-25-86)21-19-64(89)10-9-26-96-28-30-98-32-34-100-36-38-102-40-42-104-44-45-105-43-41-103-39-37-101-35-33-99-31-29-97-27-20-74(93)84-76(79(6,7)8)78(95)87-54-65(90)50-70(87)77(94)81-51-60-11-13-61(14-12-60)75-59(5)82-55-106-75/h11-15,18,46,48-49,52-53,55-56,65,70,76,90H,9-10,16-17,19-45,47,50-51,54H2,1-8H3,(H,81,94)(H,84,93)/t65-,70+,76-/m1/s1. The zero-order valence-electron chi connectivity index (χ0n) is 63.5. The van der Waals surface area contributed by atoms with E-state index in [2.05, 4.69) is 56.5 Å². The monoisotopic (exact) mass is 1490 g/mol. The molecule has 0 unspecified atom stereocenters. The Morgan fingerprint density at radius 2 is 1.22 bits per heavy atom. The van der Waals surface area contributed by atoms with Crippen LogP contribution in [0.5, 0.6) is 0 Å². The molecule has 8 rings (SSSR count). The molecule has 3 aromatic heterocycles. The van der Waals surface area contributed by atoms with Crippen molar-refractivity contribution < 1.29 is 81.2 Å². The molecule has 1 aliphatic carbocycles. The molecule has 2 fully saturated rings. The fourth-order valence-corrected chi connectivity index (χ4v) is 13.5. The molecule has 0 bridgehead atoms. The number of rotatable bonds is 50. The van der Waals surface area contributed by atoms with Crippen molar-refractivity contribution in [1.82, 2.24) is 40.2 Å². The number of aliphatic hydroxyl groups is 1. The number of anilines is 1. The summed E-state index contributed by atoms with van der Waals surface area (Å²) in [6.45, 7) is 28.0. The van der Waals surface area contributed by atoms with E-state index in [0.717, 1.165) is 99.0 Å². The molecule has 0 radical (unpaired) electrons. The summed E-state index contributed by atoms with van der Waals surface area (Å²) < 4.78 is 57.9. The summed E-state index contributed by atoms with van der Waals surface area (Å²) in [5.74, 6) is 0.0627. The highest BCUT2D eigenvalue weighted by Gasteiger charge is 2.44. The van der Waals surface area contributed by atoms with Gasteiger partial charge in [-0.3, -0.25) is 38.3 Å². The number of hydrogen-bond donors (Lipinski definition) is 3. The van der Waals surface area contributed by atoms with Crippen LogP contribution in [0.4, 0.5) is 5.82 Å². The van der Waals surface area contributed by atoms with Crippen LogP contribution in [-0.4, -0.2) is 259 Å². The van der Waals surface area contributed by atoms with Crippen molar-refractivity contribution in [1.29, 1.82) is 0 Å². The number of piperazine rings is 1. The maximum Gasteiger partial charge on any atom is 0.246 e. The first-order valence-corrected chi connectivity index (χ1v) is 38.3. The Hall–Kier alpha value is -7.09. The van der Waals surface area contributed by atoms with Crippen LogP contribution in [0, 0.1) is 12.3 Å². The van der Waals surface area contributed by atoms with Crippen LogP contribution in [0.2, 0.25) is 0 Å². The number of ether oxygens (including phenoxy) is 10. The second-order valence-electron chi connectivity index (χ2n) is 28.3. The Bertz CT molecular complexity index is 3620. The molecule has 5 heterocycles. The van der Waals surface area contributed by atoms with Crippen molar-refractivity contribution in [2.45, 2.75) is 138 Å². The van der Waals surface area contributed by atoms with Crippen LogP contribution in [0.15, 0.2) is 89.2 Å². The molecule has 5 aromatic rings. The summed E-state index contributed by atoms with van der Waals surface area (Å²) >= 11 is 1.57. The zero-order valence-corrected chi connectivity index (χ0v) is 64.3. The number of aromatic nitrogens is 4. The first-order valence-electron chi connectivity index (χ1n) is 37.5. The van der Waals surface area contributed by atoms with Crippen molar-refractivity contribution in [2.75, 3.05) is 176 Å². The predicted octanol–water partition coefficient (Wildman–Crippen LogP) is 8.54. The van der Waals surface area contributed by atoms with Gasteiger partial charge in [-0.2, -0.15) is 5.10 Å². The molecule has 3 N–H and O–H groups in total. The molecule has 2 saturated heterocycles. The van der Waals surface area contributed by atoms with E-state index in [1.807, 2.05) is 100 Å². The molecule has 2 aromatic carbocycles. The fourth-order valence-electron chi connectivity index (χ4n) is 12.7. The third-order valence-electron chi connectivity index (χ3n) is 18.6. The number of ketones is 3. The maximum absolute atomic E-state index is 14.0. The van der Waals surface area contributed by atoms with E-state index in [1.54, 1.807) is 17.5 Å². The van der Waals surface area contributed by atoms with Crippen molar-refractivity contribution in [3.63, 3.8) is 0 Å². The van der Waals surface area contributed by atoms with Crippen LogP contribution in [0.1, 0.15) is 127 Å². The Labute approximate surface area is 628 Å². The second-order valence-corrected chi connectivity index (χ2v) is 29.1. The van der Waals surface area contributed by atoms with E-state index >= 15 is 0 Å². The lowest BCUT2D eigenvalue weighted by atomic mass is 9.85. The van der Waals surface area contributed by atoms with Gasteiger partial charge in [0.1, 0.15) is 23.7 Å². The average molecular weight is 1490 g/mol. The number of likely N-dealkylation sites (tertiary alicyclic amines) is 1. The molecule has 3 aliphatic rings. The van der Waals surface area contributed by atoms with Gasteiger partial charge in [0, 0.05) is 120 Å². The topological polar surface area (TPSA) is 292 Å². The van der Waals surface area contributed by atoms with Gasteiger partial charge in [-0.05, 0) is 105 Å². The van der Waals surface area contributed by atoms with Crippen molar-refractivity contribution >= 4 is 63.1 Å². The lowest BCUT2D eigenvalue weighted by molar-refractivity contribution is -0.144. The summed E-state index contributed by atoms with van der Waals surface area (Å²) in [5, 5.41) is 21.8. The minimum absolute atomic E-state index is 0.00939. The van der Waals surface area contributed by atoms with E-state index < -0.39 is 29.5 Å². The highest BCUT2D eigenvalue weighted by molar-refractivity contribution is 7.13. The number of carbonyl (C=O) groups excluding carboxylic acids is 6. The Morgan fingerprint density at radius 1 is 0.651 bits per heavy atom. The minimum atomic E-state index is -0.934. The Kier molecular flexibility index (Phi) is 35.9. The minimum Gasteiger partial charge on any atom is -0.391 e. The molecule has 0 spiro atoms.